The number of aromatic nitrogens is 1. The van der Waals surface area contributed by atoms with E-state index in [-0.39, 0.29) is 18.4 Å². The van der Waals surface area contributed by atoms with Crippen molar-refractivity contribution < 1.29 is 14.3 Å². The molecule has 1 aliphatic heterocycles. The summed E-state index contributed by atoms with van der Waals surface area (Å²) in [5.74, 6) is 0.986. The first-order valence-electron chi connectivity index (χ1n) is 9.75. The van der Waals surface area contributed by atoms with Crippen LogP contribution < -0.4 is 20.3 Å². The van der Waals surface area contributed by atoms with Gasteiger partial charge in [0.2, 0.25) is 5.91 Å². The number of nitrogens with one attached hydrogen (secondary N) is 2. The SMILES string of the molecule is CCOc1ccc(C(=O)NCC(=O)Nc2ccc(N3CCN(C)CC3)nc2)cc1. The highest BCUT2D eigenvalue weighted by Gasteiger charge is 2.15. The fourth-order valence-electron chi connectivity index (χ4n) is 3.02. The number of amides is 2. The van der Waals surface area contributed by atoms with E-state index in [9.17, 15) is 9.59 Å². The molecule has 0 radical (unpaired) electrons. The summed E-state index contributed by atoms with van der Waals surface area (Å²) < 4.78 is 5.35. The van der Waals surface area contributed by atoms with Gasteiger partial charge in [0.1, 0.15) is 11.6 Å². The highest BCUT2D eigenvalue weighted by molar-refractivity contribution is 5.99. The van der Waals surface area contributed by atoms with Crippen molar-refractivity contribution in [2.45, 2.75) is 6.92 Å². The number of ether oxygens (including phenoxy) is 1. The molecule has 154 valence electrons. The highest BCUT2D eigenvalue weighted by atomic mass is 16.5. The molecule has 1 aliphatic rings. The number of hydrogen-bond donors (Lipinski definition) is 2. The summed E-state index contributed by atoms with van der Waals surface area (Å²) in [6, 6.07) is 10.5. The number of pyridine rings is 1. The van der Waals surface area contributed by atoms with Crippen LogP contribution in [0.5, 0.6) is 5.75 Å². The molecule has 8 nitrogen and oxygen atoms in total. The van der Waals surface area contributed by atoms with Crippen LogP contribution in [0.1, 0.15) is 17.3 Å². The van der Waals surface area contributed by atoms with E-state index in [0.717, 1.165) is 32.0 Å². The van der Waals surface area contributed by atoms with Gasteiger partial charge in [0.15, 0.2) is 0 Å². The van der Waals surface area contributed by atoms with Crippen molar-refractivity contribution in [1.82, 2.24) is 15.2 Å². The highest BCUT2D eigenvalue weighted by Crippen LogP contribution is 2.16. The summed E-state index contributed by atoms with van der Waals surface area (Å²) in [5.41, 5.74) is 1.07. The zero-order valence-electron chi connectivity index (χ0n) is 16.9. The maximum absolute atomic E-state index is 12.2. The molecule has 0 saturated carbocycles. The second-order valence-corrected chi connectivity index (χ2v) is 6.88. The third kappa shape index (κ3) is 5.92. The second kappa shape index (κ2) is 9.88. The molecule has 0 spiro atoms. The van der Waals surface area contributed by atoms with Crippen molar-refractivity contribution in [3.8, 4) is 5.75 Å². The largest absolute Gasteiger partial charge is 0.494 e. The molecule has 0 unspecified atom stereocenters. The number of carbonyl (C=O) groups is 2. The molecule has 1 fully saturated rings. The average Bonchev–Trinajstić information content (AvgIpc) is 2.74. The van der Waals surface area contributed by atoms with Gasteiger partial charge < -0.3 is 25.2 Å². The summed E-state index contributed by atoms with van der Waals surface area (Å²) >= 11 is 0. The van der Waals surface area contributed by atoms with Crippen LogP contribution in [0.4, 0.5) is 11.5 Å². The van der Waals surface area contributed by atoms with Crippen LogP contribution in [0.25, 0.3) is 0 Å². The number of piperazine rings is 1. The molecule has 8 heteroatoms. The van der Waals surface area contributed by atoms with E-state index in [1.807, 2.05) is 19.1 Å². The van der Waals surface area contributed by atoms with Gasteiger partial charge >= 0.3 is 0 Å². The van der Waals surface area contributed by atoms with Gasteiger partial charge in [-0.15, -0.1) is 0 Å². The Kier molecular flexibility index (Phi) is 7.02. The van der Waals surface area contributed by atoms with Crippen molar-refractivity contribution in [2.24, 2.45) is 0 Å². The normalized spacial score (nSPS) is 14.3. The molecule has 2 N–H and O–H groups in total. The molecular weight excluding hydrogens is 370 g/mol. The molecule has 1 saturated heterocycles. The smallest absolute Gasteiger partial charge is 0.251 e. The lowest BCUT2D eigenvalue weighted by molar-refractivity contribution is -0.115. The minimum absolute atomic E-state index is 0.119. The van der Waals surface area contributed by atoms with Gasteiger partial charge in [-0.2, -0.15) is 0 Å². The van der Waals surface area contributed by atoms with Gasteiger partial charge in [-0.05, 0) is 50.4 Å². The van der Waals surface area contributed by atoms with Gasteiger partial charge in [0.05, 0.1) is 25.0 Å². The fourth-order valence-corrected chi connectivity index (χ4v) is 3.02. The molecule has 2 aromatic rings. The monoisotopic (exact) mass is 397 g/mol. The summed E-state index contributed by atoms with van der Waals surface area (Å²) in [4.78, 5) is 33.2. The van der Waals surface area contributed by atoms with Crippen LogP contribution >= 0.6 is 0 Å². The number of carbonyl (C=O) groups excluding carboxylic acids is 2. The number of rotatable bonds is 7. The molecule has 0 atom stereocenters. The van der Waals surface area contributed by atoms with Crippen LogP contribution in [0.2, 0.25) is 0 Å². The van der Waals surface area contributed by atoms with E-state index in [1.165, 1.54) is 0 Å². The van der Waals surface area contributed by atoms with E-state index in [2.05, 4.69) is 32.5 Å². The number of anilines is 2. The molecule has 0 aliphatic carbocycles. The van der Waals surface area contributed by atoms with E-state index in [4.69, 9.17) is 4.74 Å². The van der Waals surface area contributed by atoms with Crippen molar-refractivity contribution in [3.05, 3.63) is 48.2 Å². The summed E-state index contributed by atoms with van der Waals surface area (Å²) in [6.07, 6.45) is 1.64. The maximum Gasteiger partial charge on any atom is 0.251 e. The molecular formula is C21H27N5O3. The van der Waals surface area contributed by atoms with Crippen molar-refractivity contribution in [1.29, 1.82) is 0 Å². The third-order valence-corrected chi connectivity index (χ3v) is 4.70. The Morgan fingerprint density at radius 2 is 1.79 bits per heavy atom. The van der Waals surface area contributed by atoms with Crippen molar-refractivity contribution >= 4 is 23.3 Å². The molecule has 2 amide bonds. The van der Waals surface area contributed by atoms with E-state index in [1.54, 1.807) is 30.5 Å². The first kappa shape index (κ1) is 20.6. The molecule has 1 aromatic carbocycles. The fraction of sp³-hybridized carbons (Fsp3) is 0.381. The zero-order valence-corrected chi connectivity index (χ0v) is 16.9. The van der Waals surface area contributed by atoms with Crippen LogP contribution in [0.15, 0.2) is 42.6 Å². The van der Waals surface area contributed by atoms with E-state index >= 15 is 0 Å². The van der Waals surface area contributed by atoms with Gasteiger partial charge in [-0.25, -0.2) is 4.98 Å². The van der Waals surface area contributed by atoms with Gasteiger partial charge in [-0.3, -0.25) is 9.59 Å². The van der Waals surface area contributed by atoms with Crippen molar-refractivity contribution in [3.63, 3.8) is 0 Å². The Balaban J connectivity index is 1.46. The topological polar surface area (TPSA) is 86.8 Å². The minimum atomic E-state index is -0.313. The number of likely N-dealkylation sites (N-methyl/N-ethyl adjacent to an activating group) is 1. The molecule has 0 bridgehead atoms. The molecule has 29 heavy (non-hydrogen) atoms. The summed E-state index contributed by atoms with van der Waals surface area (Å²) in [7, 11) is 2.11. The third-order valence-electron chi connectivity index (χ3n) is 4.70. The van der Waals surface area contributed by atoms with Crippen LogP contribution in [0.3, 0.4) is 0 Å². The van der Waals surface area contributed by atoms with Crippen molar-refractivity contribution in [2.75, 3.05) is 56.6 Å². The predicted octanol–water partition coefficient (Wildman–Crippen LogP) is 1.60. The Morgan fingerprint density at radius 3 is 2.41 bits per heavy atom. The van der Waals surface area contributed by atoms with Gasteiger partial charge in [-0.1, -0.05) is 0 Å². The Bertz CT molecular complexity index is 815. The van der Waals surface area contributed by atoms with Crippen LogP contribution in [-0.4, -0.2) is 68.1 Å². The number of nitrogens with zero attached hydrogens (tertiary/aromatic N) is 3. The Hall–Kier alpha value is -3.13. The first-order chi connectivity index (χ1) is 14.0. The summed E-state index contributed by atoms with van der Waals surface area (Å²) in [6.45, 7) is 6.24. The standard InChI is InChI=1S/C21H27N5O3/c1-3-29-18-7-4-16(5-8-18)21(28)23-15-20(27)24-17-6-9-19(22-14-17)26-12-10-25(2)11-13-26/h4-9,14H,3,10-13,15H2,1-2H3,(H,23,28)(H,24,27). The van der Waals surface area contributed by atoms with E-state index in [0.29, 0.717) is 23.6 Å². The predicted molar refractivity (Wildman–Crippen MR) is 113 cm³/mol. The quantitative estimate of drug-likeness (QED) is 0.738. The zero-order chi connectivity index (χ0) is 20.6. The lowest BCUT2D eigenvalue weighted by Gasteiger charge is -2.33. The number of benzene rings is 1. The van der Waals surface area contributed by atoms with Crippen LogP contribution in [-0.2, 0) is 4.79 Å². The Labute approximate surface area is 170 Å². The van der Waals surface area contributed by atoms with Crippen LogP contribution in [0, 0.1) is 0 Å². The van der Waals surface area contributed by atoms with E-state index < -0.39 is 0 Å². The minimum Gasteiger partial charge on any atom is -0.494 e. The second-order valence-electron chi connectivity index (χ2n) is 6.88. The molecule has 1 aromatic heterocycles. The summed E-state index contributed by atoms with van der Waals surface area (Å²) in [5, 5.41) is 5.36. The Morgan fingerprint density at radius 1 is 1.07 bits per heavy atom. The van der Waals surface area contributed by atoms with Gasteiger partial charge in [0, 0.05) is 31.7 Å². The number of hydrogen-bond acceptors (Lipinski definition) is 6. The first-order valence-corrected chi connectivity index (χ1v) is 9.75. The molecule has 2 heterocycles. The maximum atomic E-state index is 12.2. The molecule has 3 rings (SSSR count). The average molecular weight is 397 g/mol. The lowest BCUT2D eigenvalue weighted by Crippen LogP contribution is -2.44. The van der Waals surface area contributed by atoms with Gasteiger partial charge in [0.25, 0.3) is 5.91 Å². The lowest BCUT2D eigenvalue weighted by atomic mass is 10.2.